The molecule has 2 aromatic carbocycles. The zero-order valence-electron chi connectivity index (χ0n) is 15.3. The van der Waals surface area contributed by atoms with Crippen LogP contribution in [0, 0.1) is 0 Å². The van der Waals surface area contributed by atoms with Gasteiger partial charge in [0.25, 0.3) is 15.9 Å². The summed E-state index contributed by atoms with van der Waals surface area (Å²) in [6, 6.07) is 10.7. The number of rotatable bonds is 7. The zero-order valence-corrected chi connectivity index (χ0v) is 17.7. The molecule has 0 fully saturated rings. The lowest BCUT2D eigenvalue weighted by Crippen LogP contribution is -2.14. The van der Waals surface area contributed by atoms with Gasteiger partial charge in [-0.3, -0.25) is 9.52 Å². The van der Waals surface area contributed by atoms with Gasteiger partial charge in [0.1, 0.15) is 17.2 Å². The predicted octanol–water partition coefficient (Wildman–Crippen LogP) is 3.87. The molecule has 1 aromatic heterocycles. The summed E-state index contributed by atoms with van der Waals surface area (Å²) < 4.78 is 37.3. The van der Waals surface area contributed by atoms with Crippen molar-refractivity contribution in [2.45, 2.75) is 4.90 Å². The van der Waals surface area contributed by atoms with Gasteiger partial charge in [0, 0.05) is 11.1 Å². The number of methoxy groups -OCH3 is 2. The molecule has 0 aliphatic carbocycles. The van der Waals surface area contributed by atoms with Crippen LogP contribution in [0.2, 0.25) is 5.02 Å². The first-order chi connectivity index (χ1) is 13.8. The minimum absolute atomic E-state index is 0.0485. The van der Waals surface area contributed by atoms with Gasteiger partial charge >= 0.3 is 0 Å². The van der Waals surface area contributed by atoms with Crippen LogP contribution in [0.25, 0.3) is 0 Å². The van der Waals surface area contributed by atoms with E-state index in [1.807, 2.05) is 0 Å². The Morgan fingerprint density at radius 3 is 2.45 bits per heavy atom. The number of carbonyl (C=O) groups excluding carboxylic acids is 1. The highest BCUT2D eigenvalue weighted by Crippen LogP contribution is 2.28. The predicted molar refractivity (Wildman–Crippen MR) is 112 cm³/mol. The van der Waals surface area contributed by atoms with E-state index in [4.69, 9.17) is 21.1 Å². The summed E-state index contributed by atoms with van der Waals surface area (Å²) >= 11 is 7.03. The van der Waals surface area contributed by atoms with Crippen molar-refractivity contribution in [3.05, 3.63) is 58.6 Å². The molecule has 0 bridgehead atoms. The highest BCUT2D eigenvalue weighted by atomic mass is 35.5. The van der Waals surface area contributed by atoms with Crippen LogP contribution in [0.5, 0.6) is 11.5 Å². The summed E-state index contributed by atoms with van der Waals surface area (Å²) in [5.41, 5.74) is 0.517. The lowest BCUT2D eigenvalue weighted by atomic mass is 10.3. The van der Waals surface area contributed by atoms with Crippen molar-refractivity contribution < 1.29 is 22.7 Å². The average Bonchev–Trinajstić information content (AvgIpc) is 3.16. The Hall–Kier alpha value is -2.82. The lowest BCUT2D eigenvalue weighted by Gasteiger charge is -2.07. The molecule has 11 heteroatoms. The molecular formula is C18H16ClN3O5S2. The van der Waals surface area contributed by atoms with E-state index in [0.717, 1.165) is 11.3 Å². The number of nitrogens with zero attached hydrogens (tertiary/aromatic N) is 1. The van der Waals surface area contributed by atoms with Gasteiger partial charge in [-0.15, -0.1) is 11.3 Å². The summed E-state index contributed by atoms with van der Waals surface area (Å²) in [7, 11) is -0.864. The molecular weight excluding hydrogens is 438 g/mol. The number of anilines is 2. The summed E-state index contributed by atoms with van der Waals surface area (Å²) in [5.74, 6) is 0.515. The first-order valence-electron chi connectivity index (χ1n) is 8.09. The Morgan fingerprint density at radius 1 is 1.10 bits per heavy atom. The van der Waals surface area contributed by atoms with E-state index >= 15 is 0 Å². The topological polar surface area (TPSA) is 107 Å². The quantitative estimate of drug-likeness (QED) is 0.562. The smallest absolute Gasteiger partial charge is 0.275 e. The maximum atomic E-state index is 12.5. The molecule has 29 heavy (non-hydrogen) atoms. The molecule has 152 valence electrons. The molecule has 0 aliphatic rings. The van der Waals surface area contributed by atoms with Crippen LogP contribution in [0.1, 0.15) is 10.5 Å². The molecule has 0 radical (unpaired) electrons. The Kier molecular flexibility index (Phi) is 6.26. The molecule has 0 unspecified atom stereocenters. The van der Waals surface area contributed by atoms with Crippen molar-refractivity contribution in [2.24, 2.45) is 0 Å². The summed E-state index contributed by atoms with van der Waals surface area (Å²) in [4.78, 5) is 16.5. The second-order valence-electron chi connectivity index (χ2n) is 5.62. The van der Waals surface area contributed by atoms with Crippen LogP contribution >= 0.6 is 22.9 Å². The number of sulfonamides is 1. The molecule has 0 saturated heterocycles. The fourth-order valence-corrected chi connectivity index (χ4v) is 4.49. The Balaban J connectivity index is 1.71. The number of nitrogens with one attached hydrogen (secondary N) is 2. The largest absolute Gasteiger partial charge is 0.497 e. The van der Waals surface area contributed by atoms with E-state index in [2.05, 4.69) is 15.0 Å². The van der Waals surface area contributed by atoms with Gasteiger partial charge < -0.3 is 14.8 Å². The van der Waals surface area contributed by atoms with E-state index in [0.29, 0.717) is 22.2 Å². The standard InChI is InChI=1S/C18H16ClN3O5S2/c1-26-12-4-6-13(7-5-12)29(24,25)22-18-21-15(10-28-18)17(23)20-11-3-8-16(27-2)14(19)9-11/h3-10H,1-2H3,(H,20,23)(H,21,22). The van der Waals surface area contributed by atoms with Gasteiger partial charge in [-0.25, -0.2) is 13.4 Å². The van der Waals surface area contributed by atoms with Gasteiger partial charge in [-0.05, 0) is 42.5 Å². The number of hydrogen-bond acceptors (Lipinski definition) is 7. The Bertz CT molecular complexity index is 1130. The van der Waals surface area contributed by atoms with Crippen molar-refractivity contribution in [1.82, 2.24) is 4.98 Å². The van der Waals surface area contributed by atoms with Gasteiger partial charge in [0.15, 0.2) is 5.13 Å². The van der Waals surface area contributed by atoms with Crippen molar-refractivity contribution >= 4 is 49.7 Å². The molecule has 3 aromatic rings. The van der Waals surface area contributed by atoms with Crippen molar-refractivity contribution in [3.8, 4) is 11.5 Å². The third-order valence-electron chi connectivity index (χ3n) is 3.74. The van der Waals surface area contributed by atoms with Crippen LogP contribution in [0.15, 0.2) is 52.7 Å². The number of carbonyl (C=O) groups is 1. The minimum atomic E-state index is -3.84. The first kappa shape index (κ1) is 20.9. The third-order valence-corrected chi connectivity index (χ3v) is 6.28. The number of aromatic nitrogens is 1. The SMILES string of the molecule is COc1ccc(S(=O)(=O)Nc2nc(C(=O)Nc3ccc(OC)c(Cl)c3)cs2)cc1. The van der Waals surface area contributed by atoms with Gasteiger partial charge in [-0.1, -0.05) is 11.6 Å². The molecule has 0 aliphatic heterocycles. The van der Waals surface area contributed by atoms with Crippen molar-refractivity contribution in [3.63, 3.8) is 0 Å². The highest BCUT2D eigenvalue weighted by molar-refractivity contribution is 7.93. The average molecular weight is 454 g/mol. The van der Waals surface area contributed by atoms with Crippen LogP contribution in [0.3, 0.4) is 0 Å². The monoisotopic (exact) mass is 453 g/mol. The van der Waals surface area contributed by atoms with Crippen molar-refractivity contribution in [2.75, 3.05) is 24.3 Å². The fourth-order valence-electron chi connectivity index (χ4n) is 2.29. The summed E-state index contributed by atoms with van der Waals surface area (Å²) in [6.07, 6.45) is 0. The normalized spacial score (nSPS) is 11.0. The zero-order chi connectivity index (χ0) is 21.0. The Morgan fingerprint density at radius 2 is 1.83 bits per heavy atom. The lowest BCUT2D eigenvalue weighted by molar-refractivity contribution is 0.102. The van der Waals surface area contributed by atoms with Crippen LogP contribution in [-0.2, 0) is 10.0 Å². The van der Waals surface area contributed by atoms with Gasteiger partial charge in [0.05, 0.1) is 24.1 Å². The molecule has 8 nitrogen and oxygen atoms in total. The number of hydrogen-bond donors (Lipinski definition) is 2. The Labute approximate surface area is 176 Å². The second-order valence-corrected chi connectivity index (χ2v) is 8.57. The molecule has 0 atom stereocenters. The maximum Gasteiger partial charge on any atom is 0.275 e. The summed E-state index contributed by atoms with van der Waals surface area (Å²) in [6.45, 7) is 0. The number of ether oxygens (including phenoxy) is 2. The fraction of sp³-hybridized carbons (Fsp3) is 0.111. The highest BCUT2D eigenvalue weighted by Gasteiger charge is 2.18. The van der Waals surface area contributed by atoms with Crippen molar-refractivity contribution in [1.29, 1.82) is 0 Å². The van der Waals surface area contributed by atoms with Crippen LogP contribution in [0.4, 0.5) is 10.8 Å². The van der Waals surface area contributed by atoms with E-state index in [1.54, 1.807) is 12.1 Å². The first-order valence-corrected chi connectivity index (χ1v) is 10.8. The number of thiazole rings is 1. The summed E-state index contributed by atoms with van der Waals surface area (Å²) in [5, 5.41) is 4.51. The van der Waals surface area contributed by atoms with E-state index in [1.165, 1.54) is 49.9 Å². The van der Waals surface area contributed by atoms with Crippen LogP contribution < -0.4 is 19.5 Å². The molecule has 1 amide bonds. The van der Waals surface area contributed by atoms with E-state index in [9.17, 15) is 13.2 Å². The maximum absolute atomic E-state index is 12.5. The van der Waals surface area contributed by atoms with Gasteiger partial charge in [-0.2, -0.15) is 0 Å². The molecule has 2 N–H and O–H groups in total. The molecule has 0 saturated carbocycles. The molecule has 3 rings (SSSR count). The number of benzene rings is 2. The van der Waals surface area contributed by atoms with E-state index in [-0.39, 0.29) is 15.7 Å². The molecule has 0 spiro atoms. The van der Waals surface area contributed by atoms with Gasteiger partial charge in [0.2, 0.25) is 0 Å². The minimum Gasteiger partial charge on any atom is -0.497 e. The second kappa shape index (κ2) is 8.68. The van der Waals surface area contributed by atoms with Crippen LogP contribution in [-0.4, -0.2) is 33.5 Å². The number of amides is 1. The third kappa shape index (κ3) is 4.97. The van der Waals surface area contributed by atoms with E-state index < -0.39 is 15.9 Å². The molecule has 1 heterocycles. The number of halogens is 1.